The van der Waals surface area contributed by atoms with Crippen LogP contribution in [0.15, 0.2) is 43.8 Å². The number of hydrogen-bond acceptors (Lipinski definition) is 7. The van der Waals surface area contributed by atoms with E-state index in [0.717, 1.165) is 43.8 Å². The van der Waals surface area contributed by atoms with Crippen LogP contribution >= 0.6 is 11.3 Å². The largest absolute Gasteiger partial charge is 0.481 e. The molecule has 3 heterocycles. The number of rotatable bonds is 5. The zero-order valence-electron chi connectivity index (χ0n) is 18.3. The quantitative estimate of drug-likeness (QED) is 0.378. The molecular formula is C21H16F4N4O5S. The Morgan fingerprint density at radius 2 is 1.94 bits per heavy atom. The van der Waals surface area contributed by atoms with Crippen LogP contribution in [0.25, 0.3) is 22.4 Å². The van der Waals surface area contributed by atoms with Crippen LogP contribution in [0, 0.1) is 5.82 Å². The smallest absolute Gasteiger partial charge is 0.422 e. The van der Waals surface area contributed by atoms with Gasteiger partial charge in [0.1, 0.15) is 17.3 Å². The summed E-state index contributed by atoms with van der Waals surface area (Å²) in [6.45, 7) is -0.403. The van der Waals surface area contributed by atoms with Crippen molar-refractivity contribution in [2.45, 2.75) is 13.1 Å². The number of nitrogens with zero attached hydrogens (tertiary/aromatic N) is 4. The first kappa shape index (κ1) is 24.2. The van der Waals surface area contributed by atoms with Gasteiger partial charge in [0, 0.05) is 32.0 Å². The molecule has 0 radical (unpaired) electrons. The van der Waals surface area contributed by atoms with Gasteiger partial charge in [0.25, 0.3) is 5.56 Å². The summed E-state index contributed by atoms with van der Waals surface area (Å²) in [5.74, 6) is -2.11. The van der Waals surface area contributed by atoms with Gasteiger partial charge in [-0.05, 0) is 18.2 Å². The first-order valence-electron chi connectivity index (χ1n) is 9.82. The van der Waals surface area contributed by atoms with E-state index in [1.165, 1.54) is 32.5 Å². The molecule has 184 valence electrons. The minimum atomic E-state index is -4.62. The second-order valence-electron chi connectivity index (χ2n) is 7.43. The van der Waals surface area contributed by atoms with Gasteiger partial charge in [-0.15, -0.1) is 11.3 Å². The highest BCUT2D eigenvalue weighted by molar-refractivity contribution is 7.14. The molecular weight excluding hydrogens is 496 g/mol. The molecule has 0 atom stereocenters. The Kier molecular flexibility index (Phi) is 6.00. The van der Waals surface area contributed by atoms with E-state index in [4.69, 9.17) is 4.42 Å². The SMILES string of the molecule is CC(=O)N(c1nc(-c2ccc(OCC(F)(F)F)c(F)c2)cs1)c1coc2c1c(=O)n(C)c(=O)n2C. The van der Waals surface area contributed by atoms with E-state index >= 15 is 0 Å². The summed E-state index contributed by atoms with van der Waals surface area (Å²) in [4.78, 5) is 42.9. The van der Waals surface area contributed by atoms with E-state index in [0.29, 0.717) is 0 Å². The van der Waals surface area contributed by atoms with Crippen molar-refractivity contribution in [3.8, 4) is 17.0 Å². The highest BCUT2D eigenvalue weighted by Crippen LogP contribution is 2.36. The van der Waals surface area contributed by atoms with Gasteiger partial charge in [0.2, 0.25) is 11.6 Å². The molecule has 3 aromatic heterocycles. The fourth-order valence-electron chi connectivity index (χ4n) is 3.36. The third-order valence-corrected chi connectivity index (χ3v) is 5.83. The molecule has 9 nitrogen and oxygen atoms in total. The van der Waals surface area contributed by atoms with Gasteiger partial charge in [-0.3, -0.25) is 23.6 Å². The molecule has 0 N–H and O–H groups in total. The molecule has 0 bridgehead atoms. The van der Waals surface area contributed by atoms with Crippen molar-refractivity contribution in [2.24, 2.45) is 14.1 Å². The number of hydrogen-bond donors (Lipinski definition) is 0. The summed E-state index contributed by atoms with van der Waals surface area (Å²) in [6, 6.07) is 3.33. The van der Waals surface area contributed by atoms with Crippen LogP contribution < -0.4 is 20.9 Å². The molecule has 4 rings (SSSR count). The maximum absolute atomic E-state index is 14.3. The summed E-state index contributed by atoms with van der Waals surface area (Å²) < 4.78 is 63.1. The molecule has 1 aromatic carbocycles. The monoisotopic (exact) mass is 512 g/mol. The molecule has 0 aliphatic rings. The summed E-state index contributed by atoms with van der Waals surface area (Å²) in [7, 11) is 2.70. The van der Waals surface area contributed by atoms with E-state index in [1.807, 2.05) is 0 Å². The number of aryl methyl sites for hydroxylation is 1. The van der Waals surface area contributed by atoms with Crippen molar-refractivity contribution >= 4 is 39.2 Å². The van der Waals surface area contributed by atoms with Crippen LogP contribution in [0.4, 0.5) is 28.4 Å². The molecule has 0 aliphatic heterocycles. The van der Waals surface area contributed by atoms with Crippen LogP contribution in [0.5, 0.6) is 5.75 Å². The summed E-state index contributed by atoms with van der Waals surface area (Å²) >= 11 is 1.00. The number of fused-ring (bicyclic) bond motifs is 1. The van der Waals surface area contributed by atoms with Gasteiger partial charge >= 0.3 is 11.9 Å². The predicted molar refractivity (Wildman–Crippen MR) is 119 cm³/mol. The number of benzene rings is 1. The van der Waals surface area contributed by atoms with Gasteiger partial charge in [0.15, 0.2) is 23.3 Å². The fourth-order valence-corrected chi connectivity index (χ4v) is 4.25. The Hall–Kier alpha value is -3.94. The predicted octanol–water partition coefficient (Wildman–Crippen LogP) is 3.72. The van der Waals surface area contributed by atoms with Gasteiger partial charge in [0.05, 0.1) is 5.69 Å². The van der Waals surface area contributed by atoms with E-state index in [-0.39, 0.29) is 33.2 Å². The molecule has 14 heteroatoms. The van der Waals surface area contributed by atoms with Crippen molar-refractivity contribution in [3.05, 3.63) is 56.5 Å². The summed E-state index contributed by atoms with van der Waals surface area (Å²) in [5.41, 5.74) is -0.807. The van der Waals surface area contributed by atoms with Gasteiger partial charge in [-0.25, -0.2) is 14.2 Å². The zero-order valence-corrected chi connectivity index (χ0v) is 19.2. The molecule has 35 heavy (non-hydrogen) atoms. The lowest BCUT2D eigenvalue weighted by molar-refractivity contribution is -0.153. The maximum atomic E-state index is 14.3. The Morgan fingerprint density at radius 1 is 1.23 bits per heavy atom. The van der Waals surface area contributed by atoms with Crippen LogP contribution in [0.1, 0.15) is 6.92 Å². The molecule has 0 aliphatic carbocycles. The minimum absolute atomic E-state index is 0.0150. The lowest BCUT2D eigenvalue weighted by Gasteiger charge is -2.16. The number of carbonyl (C=O) groups excluding carboxylic acids is 1. The number of alkyl halides is 3. The van der Waals surface area contributed by atoms with Crippen LogP contribution in [-0.4, -0.2) is 32.8 Å². The van der Waals surface area contributed by atoms with Crippen LogP contribution in [0.3, 0.4) is 0 Å². The summed E-state index contributed by atoms with van der Waals surface area (Å²) in [5, 5.41) is 1.61. The molecule has 1 amide bonds. The maximum Gasteiger partial charge on any atom is 0.422 e. The number of furan rings is 1. The normalized spacial score (nSPS) is 11.7. The van der Waals surface area contributed by atoms with Gasteiger partial charge in [-0.2, -0.15) is 13.2 Å². The average molecular weight is 512 g/mol. The molecule has 0 saturated carbocycles. The standard InChI is InChI=1S/C21H16F4N4O5S/c1-10(30)29(14-7-33-18-16(14)17(31)27(2)20(32)28(18)3)19-26-13(8-35-19)11-4-5-15(12(22)6-11)34-9-21(23,24)25/h4-8H,9H2,1-3H3. The number of amides is 1. The van der Waals surface area contributed by atoms with E-state index in [1.54, 1.807) is 0 Å². The van der Waals surface area contributed by atoms with E-state index in [9.17, 15) is 31.9 Å². The highest BCUT2D eigenvalue weighted by Gasteiger charge is 2.29. The molecule has 0 unspecified atom stereocenters. The Balaban J connectivity index is 1.73. The second-order valence-corrected chi connectivity index (χ2v) is 8.26. The second kappa shape index (κ2) is 8.69. The lowest BCUT2D eigenvalue weighted by atomic mass is 10.1. The minimum Gasteiger partial charge on any atom is -0.481 e. The van der Waals surface area contributed by atoms with E-state index in [2.05, 4.69) is 9.72 Å². The highest BCUT2D eigenvalue weighted by atomic mass is 32.1. The first-order valence-corrected chi connectivity index (χ1v) is 10.7. The van der Waals surface area contributed by atoms with Crippen molar-refractivity contribution in [1.29, 1.82) is 0 Å². The zero-order chi connectivity index (χ0) is 25.7. The Labute approximate surface area is 197 Å². The first-order chi connectivity index (χ1) is 16.4. The van der Waals surface area contributed by atoms with E-state index < -0.39 is 41.5 Å². The Morgan fingerprint density at radius 3 is 2.57 bits per heavy atom. The molecule has 4 aromatic rings. The van der Waals surface area contributed by atoms with Crippen molar-refractivity contribution < 1.29 is 31.5 Å². The number of carbonyl (C=O) groups is 1. The topological polar surface area (TPSA) is 99.6 Å². The van der Waals surface area contributed by atoms with Crippen LogP contribution in [-0.2, 0) is 18.9 Å². The molecule has 0 saturated heterocycles. The third kappa shape index (κ3) is 4.43. The van der Waals surface area contributed by atoms with Crippen molar-refractivity contribution in [2.75, 3.05) is 11.5 Å². The molecule has 0 fully saturated rings. The average Bonchev–Trinajstić information content (AvgIpc) is 3.43. The van der Waals surface area contributed by atoms with Gasteiger partial charge < -0.3 is 9.15 Å². The number of halogens is 4. The number of aromatic nitrogens is 3. The third-order valence-electron chi connectivity index (χ3n) is 5.01. The number of ether oxygens (including phenoxy) is 1. The number of thiazole rings is 1. The number of anilines is 2. The summed E-state index contributed by atoms with van der Waals surface area (Å²) in [6.07, 6.45) is -3.46. The van der Waals surface area contributed by atoms with Crippen molar-refractivity contribution in [1.82, 2.24) is 14.1 Å². The lowest BCUT2D eigenvalue weighted by Crippen LogP contribution is -2.37. The van der Waals surface area contributed by atoms with Crippen molar-refractivity contribution in [3.63, 3.8) is 0 Å². The molecule has 0 spiro atoms. The van der Waals surface area contributed by atoms with Gasteiger partial charge in [-0.1, -0.05) is 0 Å². The fraction of sp³-hybridized carbons (Fsp3) is 0.238. The Bertz CT molecular complexity index is 1570. The van der Waals surface area contributed by atoms with Crippen LogP contribution in [0.2, 0.25) is 0 Å².